The smallest absolute Gasteiger partial charge is 0.311 e. The van der Waals surface area contributed by atoms with Crippen molar-refractivity contribution >= 4 is 34.6 Å². The van der Waals surface area contributed by atoms with Gasteiger partial charge in [0.2, 0.25) is 5.82 Å². The molecule has 1 heterocycles. The Balaban J connectivity index is 2.46. The van der Waals surface area contributed by atoms with E-state index in [1.54, 1.807) is 0 Å². The highest BCUT2D eigenvalue weighted by molar-refractivity contribution is 6.31. The standard InChI is InChI=1S/C11H9ClFN5O2/c12-6-2-1-3-7(10(6)13)15-11-8(18(19)20)4-5-9(16-11)17-14/h1-5H,14H2,(H2,15,16,17). The average molecular weight is 298 g/mol. The lowest BCUT2D eigenvalue weighted by molar-refractivity contribution is -0.384. The molecule has 0 aliphatic carbocycles. The molecule has 1 aromatic heterocycles. The summed E-state index contributed by atoms with van der Waals surface area (Å²) in [6, 6.07) is 6.78. The molecule has 0 bridgehead atoms. The molecule has 0 fully saturated rings. The third kappa shape index (κ3) is 2.76. The minimum absolute atomic E-state index is 0.0257. The Morgan fingerprint density at radius 2 is 2.10 bits per heavy atom. The van der Waals surface area contributed by atoms with Gasteiger partial charge in [0.15, 0.2) is 5.82 Å². The van der Waals surface area contributed by atoms with Gasteiger partial charge in [-0.1, -0.05) is 17.7 Å². The Morgan fingerprint density at radius 3 is 2.75 bits per heavy atom. The summed E-state index contributed by atoms with van der Waals surface area (Å²) in [4.78, 5) is 14.2. The van der Waals surface area contributed by atoms with Crippen LogP contribution in [0.2, 0.25) is 5.02 Å². The van der Waals surface area contributed by atoms with Crippen LogP contribution in [0.4, 0.5) is 27.4 Å². The molecule has 9 heteroatoms. The van der Waals surface area contributed by atoms with Crippen LogP contribution in [0, 0.1) is 15.9 Å². The number of nitrogens with one attached hydrogen (secondary N) is 2. The molecule has 0 aliphatic rings. The molecule has 2 aromatic rings. The molecule has 0 atom stereocenters. The van der Waals surface area contributed by atoms with Gasteiger partial charge in [-0.05, 0) is 18.2 Å². The Kier molecular flexibility index (Phi) is 3.97. The van der Waals surface area contributed by atoms with Gasteiger partial charge >= 0.3 is 5.69 Å². The quantitative estimate of drug-likeness (QED) is 0.455. The molecule has 20 heavy (non-hydrogen) atoms. The predicted molar refractivity (Wildman–Crippen MR) is 73.4 cm³/mol. The molecule has 0 amide bonds. The second-order valence-corrected chi connectivity index (χ2v) is 4.10. The van der Waals surface area contributed by atoms with Crippen molar-refractivity contribution in [3.8, 4) is 0 Å². The topological polar surface area (TPSA) is 106 Å². The molecule has 0 aliphatic heterocycles. The van der Waals surface area contributed by atoms with Gasteiger partial charge in [-0.15, -0.1) is 0 Å². The van der Waals surface area contributed by atoms with Gasteiger partial charge < -0.3 is 10.7 Å². The van der Waals surface area contributed by atoms with Crippen molar-refractivity contribution in [2.45, 2.75) is 0 Å². The first-order valence-electron chi connectivity index (χ1n) is 5.36. The Morgan fingerprint density at radius 1 is 1.35 bits per heavy atom. The molecule has 2 rings (SSSR count). The largest absolute Gasteiger partial charge is 0.332 e. The fraction of sp³-hybridized carbons (Fsp3) is 0. The van der Waals surface area contributed by atoms with E-state index in [2.05, 4.69) is 15.7 Å². The van der Waals surface area contributed by atoms with Crippen molar-refractivity contribution in [3.63, 3.8) is 0 Å². The monoisotopic (exact) mass is 297 g/mol. The molecule has 0 saturated heterocycles. The lowest BCUT2D eigenvalue weighted by Gasteiger charge is -2.09. The second kappa shape index (κ2) is 5.68. The number of nitro groups is 1. The number of nitrogen functional groups attached to an aromatic ring is 1. The SMILES string of the molecule is NNc1ccc([N+](=O)[O-])c(Nc2cccc(Cl)c2F)n1. The van der Waals surface area contributed by atoms with E-state index < -0.39 is 10.7 Å². The molecule has 1 aromatic carbocycles. The number of rotatable bonds is 4. The van der Waals surface area contributed by atoms with Crippen molar-refractivity contribution in [3.05, 3.63) is 51.3 Å². The van der Waals surface area contributed by atoms with Crippen molar-refractivity contribution in [1.29, 1.82) is 0 Å². The average Bonchev–Trinajstić information content (AvgIpc) is 2.43. The Labute approximate surface area is 117 Å². The number of benzene rings is 1. The number of nitrogens with zero attached hydrogens (tertiary/aromatic N) is 2. The van der Waals surface area contributed by atoms with Gasteiger partial charge in [0.25, 0.3) is 0 Å². The summed E-state index contributed by atoms with van der Waals surface area (Å²) in [5.74, 6) is 4.51. The third-order valence-electron chi connectivity index (χ3n) is 2.42. The maximum Gasteiger partial charge on any atom is 0.311 e. The summed E-state index contributed by atoms with van der Waals surface area (Å²) in [7, 11) is 0. The molecule has 0 saturated carbocycles. The van der Waals surface area contributed by atoms with Crippen LogP contribution in [0.15, 0.2) is 30.3 Å². The van der Waals surface area contributed by atoms with E-state index in [1.807, 2.05) is 0 Å². The van der Waals surface area contributed by atoms with Crippen LogP contribution in [-0.2, 0) is 0 Å². The Bertz CT molecular complexity index is 667. The van der Waals surface area contributed by atoms with E-state index in [4.69, 9.17) is 17.4 Å². The first-order valence-corrected chi connectivity index (χ1v) is 5.74. The minimum atomic E-state index is -0.726. The van der Waals surface area contributed by atoms with Gasteiger partial charge in [-0.25, -0.2) is 15.2 Å². The predicted octanol–water partition coefficient (Wildman–Crippen LogP) is 2.81. The summed E-state index contributed by atoms with van der Waals surface area (Å²) >= 11 is 5.64. The molecule has 4 N–H and O–H groups in total. The molecule has 7 nitrogen and oxygen atoms in total. The lowest BCUT2D eigenvalue weighted by atomic mass is 10.3. The number of hydrogen-bond acceptors (Lipinski definition) is 6. The third-order valence-corrected chi connectivity index (χ3v) is 2.72. The molecular formula is C11H9ClFN5O2. The van der Waals surface area contributed by atoms with E-state index >= 15 is 0 Å². The van der Waals surface area contributed by atoms with Gasteiger partial charge in [-0.3, -0.25) is 10.1 Å². The number of nitrogens with two attached hydrogens (primary N) is 1. The summed E-state index contributed by atoms with van der Waals surface area (Å²) in [6.45, 7) is 0. The van der Waals surface area contributed by atoms with Crippen LogP contribution < -0.4 is 16.6 Å². The van der Waals surface area contributed by atoms with Crippen LogP contribution >= 0.6 is 11.6 Å². The van der Waals surface area contributed by atoms with Gasteiger partial charge in [-0.2, -0.15) is 0 Å². The Hall–Kier alpha value is -2.45. The summed E-state index contributed by atoms with van der Waals surface area (Å²) < 4.78 is 13.8. The maximum absolute atomic E-state index is 13.8. The number of aromatic nitrogens is 1. The maximum atomic E-state index is 13.8. The minimum Gasteiger partial charge on any atom is -0.332 e. The van der Waals surface area contributed by atoms with E-state index in [9.17, 15) is 14.5 Å². The highest BCUT2D eigenvalue weighted by Gasteiger charge is 2.18. The summed E-state index contributed by atoms with van der Waals surface area (Å²) in [6.07, 6.45) is 0. The molecular weight excluding hydrogens is 289 g/mol. The molecule has 0 spiro atoms. The number of halogens is 2. The second-order valence-electron chi connectivity index (χ2n) is 3.69. The summed E-state index contributed by atoms with van der Waals surface area (Å²) in [5, 5.41) is 13.3. The van der Waals surface area contributed by atoms with Crippen molar-refractivity contribution < 1.29 is 9.31 Å². The van der Waals surface area contributed by atoms with Crippen LogP contribution in [0.25, 0.3) is 0 Å². The zero-order valence-corrected chi connectivity index (χ0v) is 10.7. The first kappa shape index (κ1) is 14.0. The van der Waals surface area contributed by atoms with Crippen molar-refractivity contribution in [2.75, 3.05) is 10.7 Å². The van der Waals surface area contributed by atoms with Crippen LogP contribution in [-0.4, -0.2) is 9.91 Å². The number of hydrogen-bond donors (Lipinski definition) is 3. The van der Waals surface area contributed by atoms with Crippen LogP contribution in [0.1, 0.15) is 0 Å². The van der Waals surface area contributed by atoms with E-state index in [0.717, 1.165) is 0 Å². The van der Waals surface area contributed by atoms with Crippen molar-refractivity contribution in [2.24, 2.45) is 5.84 Å². The normalized spacial score (nSPS) is 10.2. The molecule has 104 valence electrons. The number of hydrazine groups is 1. The number of pyridine rings is 1. The van der Waals surface area contributed by atoms with Gasteiger partial charge in [0.05, 0.1) is 15.6 Å². The van der Waals surface area contributed by atoms with Gasteiger partial charge in [0.1, 0.15) is 5.82 Å². The van der Waals surface area contributed by atoms with E-state index in [1.165, 1.54) is 30.3 Å². The highest BCUT2D eigenvalue weighted by atomic mass is 35.5. The zero-order valence-electron chi connectivity index (χ0n) is 9.93. The van der Waals surface area contributed by atoms with E-state index in [-0.39, 0.29) is 28.0 Å². The van der Waals surface area contributed by atoms with Gasteiger partial charge in [0, 0.05) is 6.07 Å². The van der Waals surface area contributed by atoms with E-state index in [0.29, 0.717) is 0 Å². The first-order chi connectivity index (χ1) is 9.52. The lowest BCUT2D eigenvalue weighted by Crippen LogP contribution is -2.10. The number of anilines is 3. The highest BCUT2D eigenvalue weighted by Crippen LogP contribution is 2.30. The van der Waals surface area contributed by atoms with Crippen LogP contribution in [0.5, 0.6) is 0 Å². The fourth-order valence-electron chi connectivity index (χ4n) is 1.50. The summed E-state index contributed by atoms with van der Waals surface area (Å²) in [5.41, 5.74) is 1.91. The molecule has 0 unspecified atom stereocenters. The fourth-order valence-corrected chi connectivity index (χ4v) is 1.67. The molecule has 0 radical (unpaired) electrons. The van der Waals surface area contributed by atoms with Crippen LogP contribution in [0.3, 0.4) is 0 Å². The van der Waals surface area contributed by atoms with Crippen molar-refractivity contribution in [1.82, 2.24) is 4.98 Å². The zero-order chi connectivity index (χ0) is 14.7.